The van der Waals surface area contributed by atoms with Gasteiger partial charge >= 0.3 is 0 Å². The third-order valence-electron chi connectivity index (χ3n) is 4.41. The topological polar surface area (TPSA) is 66.5 Å². The van der Waals surface area contributed by atoms with Crippen LogP contribution in [0, 0.1) is 0 Å². The molecule has 0 aliphatic carbocycles. The van der Waals surface area contributed by atoms with Gasteiger partial charge in [0.05, 0.1) is 4.91 Å². The standard InChI is InChI=1S/C22H15ClN2O3S/c23-16-8-10-17(11-9-16)24-20(26)13-25-21(27)19(29-22(25)28)12-15-6-3-5-14-4-1-2-7-18(14)15/h1-12H,13H2,(H,24,26)/b19-12+. The second-order valence-electron chi connectivity index (χ2n) is 6.39. The number of thioether (sulfide) groups is 1. The highest BCUT2D eigenvalue weighted by Gasteiger charge is 2.36. The first-order chi connectivity index (χ1) is 14.0. The van der Waals surface area contributed by atoms with E-state index in [-0.39, 0.29) is 6.54 Å². The lowest BCUT2D eigenvalue weighted by Gasteiger charge is -2.12. The molecule has 1 fully saturated rings. The molecule has 7 heteroatoms. The summed E-state index contributed by atoms with van der Waals surface area (Å²) < 4.78 is 0. The van der Waals surface area contributed by atoms with Gasteiger partial charge in [0.15, 0.2) is 0 Å². The predicted molar refractivity (Wildman–Crippen MR) is 117 cm³/mol. The first-order valence-corrected chi connectivity index (χ1v) is 9.99. The fraction of sp³-hybridized carbons (Fsp3) is 0.0455. The van der Waals surface area contributed by atoms with Gasteiger partial charge in [-0.25, -0.2) is 0 Å². The molecule has 144 valence electrons. The molecule has 0 bridgehead atoms. The zero-order valence-corrected chi connectivity index (χ0v) is 16.7. The van der Waals surface area contributed by atoms with Crippen molar-refractivity contribution in [2.24, 2.45) is 0 Å². The maximum Gasteiger partial charge on any atom is 0.294 e. The minimum Gasteiger partial charge on any atom is -0.325 e. The van der Waals surface area contributed by atoms with Crippen molar-refractivity contribution < 1.29 is 14.4 Å². The highest BCUT2D eigenvalue weighted by molar-refractivity contribution is 8.18. The smallest absolute Gasteiger partial charge is 0.294 e. The van der Waals surface area contributed by atoms with Gasteiger partial charge in [-0.05, 0) is 58.4 Å². The van der Waals surface area contributed by atoms with Crippen molar-refractivity contribution in [2.75, 3.05) is 11.9 Å². The van der Waals surface area contributed by atoms with E-state index in [1.807, 2.05) is 42.5 Å². The summed E-state index contributed by atoms with van der Waals surface area (Å²) in [6, 6.07) is 20.2. The molecule has 3 aromatic carbocycles. The molecule has 1 heterocycles. The van der Waals surface area contributed by atoms with Gasteiger partial charge in [0, 0.05) is 10.7 Å². The molecule has 29 heavy (non-hydrogen) atoms. The maximum atomic E-state index is 12.7. The quantitative estimate of drug-likeness (QED) is 0.589. The average molecular weight is 423 g/mol. The van der Waals surface area contributed by atoms with Crippen LogP contribution in [0.5, 0.6) is 0 Å². The molecule has 0 atom stereocenters. The third-order valence-corrected chi connectivity index (χ3v) is 5.57. The number of nitrogens with one attached hydrogen (secondary N) is 1. The van der Waals surface area contributed by atoms with E-state index < -0.39 is 17.1 Å². The number of benzene rings is 3. The van der Waals surface area contributed by atoms with E-state index in [0.29, 0.717) is 15.6 Å². The van der Waals surface area contributed by atoms with Gasteiger partial charge in [-0.3, -0.25) is 19.3 Å². The van der Waals surface area contributed by atoms with Crippen LogP contribution in [-0.4, -0.2) is 28.5 Å². The number of amides is 3. The lowest BCUT2D eigenvalue weighted by molar-refractivity contribution is -0.127. The number of hydrogen-bond acceptors (Lipinski definition) is 4. The van der Waals surface area contributed by atoms with E-state index in [9.17, 15) is 14.4 Å². The Bertz CT molecular complexity index is 1150. The van der Waals surface area contributed by atoms with Crippen LogP contribution in [0.25, 0.3) is 16.8 Å². The van der Waals surface area contributed by atoms with Crippen LogP contribution < -0.4 is 5.32 Å². The van der Waals surface area contributed by atoms with Gasteiger partial charge in [-0.15, -0.1) is 0 Å². The summed E-state index contributed by atoms with van der Waals surface area (Å²) in [5.41, 5.74) is 1.39. The Morgan fingerprint density at radius 3 is 2.52 bits per heavy atom. The number of nitrogens with zero attached hydrogens (tertiary/aromatic N) is 1. The fourth-order valence-electron chi connectivity index (χ4n) is 3.03. The average Bonchev–Trinajstić information content (AvgIpc) is 2.97. The Morgan fingerprint density at radius 2 is 1.72 bits per heavy atom. The molecule has 0 aromatic heterocycles. The molecule has 1 aliphatic heterocycles. The van der Waals surface area contributed by atoms with E-state index in [1.165, 1.54) is 0 Å². The molecular weight excluding hydrogens is 408 g/mol. The number of hydrogen-bond donors (Lipinski definition) is 1. The van der Waals surface area contributed by atoms with Crippen molar-refractivity contribution in [1.29, 1.82) is 0 Å². The van der Waals surface area contributed by atoms with Gasteiger partial charge < -0.3 is 5.32 Å². The van der Waals surface area contributed by atoms with Gasteiger partial charge in [0.1, 0.15) is 6.54 Å². The minimum atomic E-state index is -0.473. The van der Waals surface area contributed by atoms with Gasteiger partial charge in [0.2, 0.25) is 5.91 Å². The van der Waals surface area contributed by atoms with Crippen molar-refractivity contribution in [3.63, 3.8) is 0 Å². The van der Waals surface area contributed by atoms with Crippen LogP contribution in [-0.2, 0) is 9.59 Å². The summed E-state index contributed by atoms with van der Waals surface area (Å²) in [4.78, 5) is 38.5. The van der Waals surface area contributed by atoms with Gasteiger partial charge in [0.25, 0.3) is 11.1 Å². The number of carbonyl (C=O) groups excluding carboxylic acids is 3. The summed E-state index contributed by atoms with van der Waals surface area (Å²) in [7, 11) is 0. The number of fused-ring (bicyclic) bond motifs is 1. The van der Waals surface area contributed by atoms with Crippen molar-refractivity contribution in [2.45, 2.75) is 0 Å². The summed E-state index contributed by atoms with van der Waals surface area (Å²) >= 11 is 6.66. The molecule has 0 saturated carbocycles. The van der Waals surface area contributed by atoms with Crippen LogP contribution in [0.1, 0.15) is 5.56 Å². The number of imide groups is 1. The molecule has 1 N–H and O–H groups in total. The number of rotatable bonds is 4. The SMILES string of the molecule is O=C(CN1C(=O)S/C(=C/c2cccc3ccccc23)C1=O)Nc1ccc(Cl)cc1. The van der Waals surface area contributed by atoms with E-state index in [2.05, 4.69) is 5.32 Å². The van der Waals surface area contributed by atoms with E-state index >= 15 is 0 Å². The Hall–Kier alpha value is -3.09. The van der Waals surface area contributed by atoms with Crippen molar-refractivity contribution in [3.8, 4) is 0 Å². The lowest BCUT2D eigenvalue weighted by atomic mass is 10.0. The van der Waals surface area contributed by atoms with Crippen molar-refractivity contribution in [3.05, 3.63) is 82.2 Å². The second-order valence-corrected chi connectivity index (χ2v) is 7.82. The minimum absolute atomic E-state index is 0.297. The van der Waals surface area contributed by atoms with Gasteiger partial charge in [-0.1, -0.05) is 54.1 Å². The molecule has 0 radical (unpaired) electrons. The normalized spacial score (nSPS) is 15.3. The monoisotopic (exact) mass is 422 g/mol. The van der Waals surface area contributed by atoms with Crippen LogP contribution in [0.15, 0.2) is 71.6 Å². The van der Waals surface area contributed by atoms with Crippen molar-refractivity contribution >= 4 is 63.0 Å². The largest absolute Gasteiger partial charge is 0.325 e. The fourth-order valence-corrected chi connectivity index (χ4v) is 3.99. The number of anilines is 1. The van der Waals surface area contributed by atoms with Crippen LogP contribution in [0.4, 0.5) is 10.5 Å². The Kier molecular flexibility index (Phi) is 5.38. The molecule has 0 unspecified atom stereocenters. The molecule has 3 amide bonds. The van der Waals surface area contributed by atoms with E-state index in [0.717, 1.165) is 33.0 Å². The Balaban J connectivity index is 1.52. The Labute approximate surface area is 176 Å². The summed E-state index contributed by atoms with van der Waals surface area (Å²) in [6.07, 6.45) is 1.70. The van der Waals surface area contributed by atoms with Crippen molar-refractivity contribution in [1.82, 2.24) is 4.90 Å². The molecule has 3 aromatic rings. The number of halogens is 1. The highest BCUT2D eigenvalue weighted by Crippen LogP contribution is 2.33. The molecule has 1 aliphatic rings. The Morgan fingerprint density at radius 1 is 1.00 bits per heavy atom. The summed E-state index contributed by atoms with van der Waals surface area (Å²) in [6.45, 7) is -0.347. The molecule has 5 nitrogen and oxygen atoms in total. The van der Waals surface area contributed by atoms with E-state index in [1.54, 1.807) is 30.3 Å². The second kappa shape index (κ2) is 8.11. The zero-order valence-electron chi connectivity index (χ0n) is 15.1. The lowest BCUT2D eigenvalue weighted by Crippen LogP contribution is -2.36. The predicted octanol–water partition coefficient (Wildman–Crippen LogP) is 5.17. The van der Waals surface area contributed by atoms with E-state index in [4.69, 9.17) is 11.6 Å². The third kappa shape index (κ3) is 4.18. The van der Waals surface area contributed by atoms with Crippen LogP contribution >= 0.6 is 23.4 Å². The highest BCUT2D eigenvalue weighted by atomic mass is 35.5. The molecule has 1 saturated heterocycles. The number of carbonyl (C=O) groups is 3. The van der Waals surface area contributed by atoms with Crippen LogP contribution in [0.2, 0.25) is 5.02 Å². The van der Waals surface area contributed by atoms with Gasteiger partial charge in [-0.2, -0.15) is 0 Å². The molecule has 4 rings (SSSR count). The first-order valence-electron chi connectivity index (χ1n) is 8.80. The van der Waals surface area contributed by atoms with Crippen LogP contribution in [0.3, 0.4) is 0 Å². The molecular formula is C22H15ClN2O3S. The summed E-state index contributed by atoms with van der Waals surface area (Å²) in [5.74, 6) is -0.930. The zero-order chi connectivity index (χ0) is 20.4. The summed E-state index contributed by atoms with van der Waals surface area (Å²) in [5, 5.41) is 4.77. The first kappa shape index (κ1) is 19.2. The molecule has 0 spiro atoms. The maximum absolute atomic E-state index is 12.7.